The van der Waals surface area contributed by atoms with Gasteiger partial charge in [0.25, 0.3) is 0 Å². The first-order chi connectivity index (χ1) is 9.65. The SMILES string of the molecule is NC(N)=Nc1c(C2CCCCC2)[nH]c2ccc(Cl)cc12. The number of aromatic amines is 1. The van der Waals surface area contributed by atoms with Crippen LogP contribution in [0.25, 0.3) is 10.9 Å². The number of nitrogens with two attached hydrogens (primary N) is 2. The molecule has 106 valence electrons. The van der Waals surface area contributed by atoms with Crippen molar-refractivity contribution < 1.29 is 0 Å². The number of hydrogen-bond acceptors (Lipinski definition) is 1. The Bertz CT molecular complexity index is 649. The molecule has 20 heavy (non-hydrogen) atoms. The highest BCUT2D eigenvalue weighted by atomic mass is 35.5. The molecule has 1 saturated carbocycles. The predicted molar refractivity (Wildman–Crippen MR) is 84.6 cm³/mol. The van der Waals surface area contributed by atoms with Crippen molar-refractivity contribution >= 4 is 34.2 Å². The molecule has 1 aromatic heterocycles. The zero-order valence-electron chi connectivity index (χ0n) is 11.3. The molecule has 0 saturated heterocycles. The monoisotopic (exact) mass is 290 g/mol. The van der Waals surface area contributed by atoms with Gasteiger partial charge in [0.1, 0.15) is 0 Å². The molecule has 0 unspecified atom stereocenters. The van der Waals surface area contributed by atoms with Crippen molar-refractivity contribution in [1.29, 1.82) is 0 Å². The van der Waals surface area contributed by atoms with Gasteiger partial charge in [-0.1, -0.05) is 30.9 Å². The molecule has 0 spiro atoms. The van der Waals surface area contributed by atoms with Crippen LogP contribution in [0.1, 0.15) is 43.7 Å². The molecule has 5 heteroatoms. The molecule has 3 rings (SSSR count). The standard InChI is InChI=1S/C15H19ClN4/c16-10-6-7-12-11(8-10)14(20-15(17)18)13(19-12)9-4-2-1-3-5-9/h6-9,19H,1-5H2,(H4,17,18,20). The van der Waals surface area contributed by atoms with Crippen LogP contribution >= 0.6 is 11.6 Å². The Balaban J connectivity index is 2.16. The van der Waals surface area contributed by atoms with Crippen LogP contribution in [0.15, 0.2) is 23.2 Å². The molecule has 5 N–H and O–H groups in total. The van der Waals surface area contributed by atoms with Crippen LogP contribution in [-0.4, -0.2) is 10.9 Å². The lowest BCUT2D eigenvalue weighted by Gasteiger charge is -2.21. The molecule has 0 radical (unpaired) electrons. The van der Waals surface area contributed by atoms with E-state index in [1.54, 1.807) is 0 Å². The molecule has 0 atom stereocenters. The summed E-state index contributed by atoms with van der Waals surface area (Å²) in [7, 11) is 0. The zero-order valence-corrected chi connectivity index (χ0v) is 12.1. The van der Waals surface area contributed by atoms with Gasteiger partial charge in [-0.25, -0.2) is 4.99 Å². The van der Waals surface area contributed by atoms with Gasteiger partial charge in [-0.15, -0.1) is 0 Å². The molecule has 0 aliphatic heterocycles. The van der Waals surface area contributed by atoms with Gasteiger partial charge in [-0.05, 0) is 31.0 Å². The molecular weight excluding hydrogens is 272 g/mol. The van der Waals surface area contributed by atoms with Crippen molar-refractivity contribution in [2.24, 2.45) is 16.5 Å². The maximum absolute atomic E-state index is 6.10. The number of guanidine groups is 1. The Morgan fingerprint density at radius 2 is 1.95 bits per heavy atom. The summed E-state index contributed by atoms with van der Waals surface area (Å²) in [5, 5.41) is 1.69. The number of aliphatic imine (C=N–C) groups is 1. The Hall–Kier alpha value is -1.68. The van der Waals surface area contributed by atoms with Crippen LogP contribution < -0.4 is 11.5 Å². The van der Waals surface area contributed by atoms with Crippen LogP contribution in [-0.2, 0) is 0 Å². The van der Waals surface area contributed by atoms with E-state index in [0.717, 1.165) is 22.3 Å². The highest BCUT2D eigenvalue weighted by molar-refractivity contribution is 6.31. The molecule has 1 aliphatic rings. The van der Waals surface area contributed by atoms with Gasteiger partial charge in [0.15, 0.2) is 5.96 Å². The van der Waals surface area contributed by atoms with Crippen molar-refractivity contribution in [2.75, 3.05) is 0 Å². The van der Waals surface area contributed by atoms with Crippen LogP contribution in [0.2, 0.25) is 5.02 Å². The number of fused-ring (bicyclic) bond motifs is 1. The summed E-state index contributed by atoms with van der Waals surface area (Å²) in [5.74, 6) is 0.593. The zero-order chi connectivity index (χ0) is 14.1. The normalized spacial score (nSPS) is 16.4. The van der Waals surface area contributed by atoms with Gasteiger partial charge in [0, 0.05) is 27.5 Å². The van der Waals surface area contributed by atoms with Crippen molar-refractivity contribution in [3.8, 4) is 0 Å². The molecule has 1 aliphatic carbocycles. The minimum absolute atomic E-state index is 0.0861. The summed E-state index contributed by atoms with van der Waals surface area (Å²) in [6.45, 7) is 0. The van der Waals surface area contributed by atoms with Crippen molar-refractivity contribution in [2.45, 2.75) is 38.0 Å². The number of H-pyrrole nitrogens is 1. The summed E-state index contributed by atoms with van der Waals surface area (Å²) < 4.78 is 0. The topological polar surface area (TPSA) is 80.2 Å². The summed E-state index contributed by atoms with van der Waals surface area (Å²) >= 11 is 6.10. The summed E-state index contributed by atoms with van der Waals surface area (Å²) in [5.41, 5.74) is 14.2. The van der Waals surface area contributed by atoms with E-state index in [1.165, 1.54) is 32.1 Å². The fourth-order valence-corrected chi connectivity index (χ4v) is 3.28. The minimum atomic E-state index is 0.0861. The van der Waals surface area contributed by atoms with E-state index in [9.17, 15) is 0 Å². The van der Waals surface area contributed by atoms with Crippen LogP contribution in [0, 0.1) is 0 Å². The largest absolute Gasteiger partial charge is 0.370 e. The average Bonchev–Trinajstić information content (AvgIpc) is 2.77. The van der Waals surface area contributed by atoms with Gasteiger partial charge in [-0.2, -0.15) is 0 Å². The molecule has 0 bridgehead atoms. The molecule has 1 fully saturated rings. The van der Waals surface area contributed by atoms with E-state index in [4.69, 9.17) is 23.1 Å². The first-order valence-corrected chi connectivity index (χ1v) is 7.43. The molecule has 1 heterocycles. The maximum Gasteiger partial charge on any atom is 0.191 e. The second-order valence-corrected chi connectivity index (χ2v) is 5.89. The number of hydrogen-bond donors (Lipinski definition) is 3. The second-order valence-electron chi connectivity index (χ2n) is 5.45. The fourth-order valence-electron chi connectivity index (χ4n) is 3.11. The third kappa shape index (κ3) is 2.48. The highest BCUT2D eigenvalue weighted by Gasteiger charge is 2.22. The molecule has 2 aromatic rings. The second kappa shape index (κ2) is 5.37. The number of rotatable bonds is 2. The Kier molecular flexibility index (Phi) is 3.57. The lowest BCUT2D eigenvalue weighted by Crippen LogP contribution is -2.22. The number of halogens is 1. The first kappa shape index (κ1) is 13.3. The number of nitrogens with one attached hydrogen (secondary N) is 1. The predicted octanol–water partition coefficient (Wildman–Crippen LogP) is 3.77. The fraction of sp³-hybridized carbons (Fsp3) is 0.400. The van der Waals surface area contributed by atoms with Gasteiger partial charge < -0.3 is 16.5 Å². The lowest BCUT2D eigenvalue weighted by atomic mass is 9.86. The number of benzene rings is 1. The molecule has 0 amide bonds. The van der Waals surface area contributed by atoms with E-state index in [2.05, 4.69) is 9.98 Å². The smallest absolute Gasteiger partial charge is 0.191 e. The number of nitrogens with zero attached hydrogens (tertiary/aromatic N) is 1. The van der Waals surface area contributed by atoms with Gasteiger partial charge >= 0.3 is 0 Å². The van der Waals surface area contributed by atoms with Crippen molar-refractivity contribution in [3.63, 3.8) is 0 Å². The first-order valence-electron chi connectivity index (χ1n) is 7.06. The third-order valence-corrected chi connectivity index (χ3v) is 4.25. The maximum atomic E-state index is 6.10. The molecule has 4 nitrogen and oxygen atoms in total. The third-order valence-electron chi connectivity index (χ3n) is 4.02. The summed E-state index contributed by atoms with van der Waals surface area (Å²) in [6, 6.07) is 5.78. The van der Waals surface area contributed by atoms with Crippen LogP contribution in [0.4, 0.5) is 5.69 Å². The van der Waals surface area contributed by atoms with E-state index < -0.39 is 0 Å². The Labute approximate surface area is 123 Å². The Morgan fingerprint density at radius 1 is 1.20 bits per heavy atom. The molecular formula is C15H19ClN4. The van der Waals surface area contributed by atoms with E-state index in [1.807, 2.05) is 18.2 Å². The average molecular weight is 291 g/mol. The van der Waals surface area contributed by atoms with Gasteiger partial charge in [0.2, 0.25) is 0 Å². The highest BCUT2D eigenvalue weighted by Crippen LogP contribution is 2.41. The van der Waals surface area contributed by atoms with E-state index in [0.29, 0.717) is 10.9 Å². The summed E-state index contributed by atoms with van der Waals surface area (Å²) in [6.07, 6.45) is 6.23. The van der Waals surface area contributed by atoms with E-state index >= 15 is 0 Å². The van der Waals surface area contributed by atoms with E-state index in [-0.39, 0.29) is 5.96 Å². The quantitative estimate of drug-likeness (QED) is 0.581. The Morgan fingerprint density at radius 3 is 2.65 bits per heavy atom. The van der Waals surface area contributed by atoms with Crippen LogP contribution in [0.3, 0.4) is 0 Å². The summed E-state index contributed by atoms with van der Waals surface area (Å²) in [4.78, 5) is 7.84. The van der Waals surface area contributed by atoms with Gasteiger partial charge in [0.05, 0.1) is 5.69 Å². The number of aromatic nitrogens is 1. The minimum Gasteiger partial charge on any atom is -0.370 e. The van der Waals surface area contributed by atoms with Crippen molar-refractivity contribution in [1.82, 2.24) is 4.98 Å². The molecule has 1 aromatic carbocycles. The van der Waals surface area contributed by atoms with Gasteiger partial charge in [-0.3, -0.25) is 0 Å². The van der Waals surface area contributed by atoms with Crippen LogP contribution in [0.5, 0.6) is 0 Å². The van der Waals surface area contributed by atoms with Crippen molar-refractivity contribution in [3.05, 3.63) is 28.9 Å². The lowest BCUT2D eigenvalue weighted by molar-refractivity contribution is 0.439.